The van der Waals surface area contributed by atoms with Crippen LogP contribution in [0.25, 0.3) is 0 Å². The molecule has 0 saturated carbocycles. The van der Waals surface area contributed by atoms with Crippen LogP contribution in [0, 0.1) is 5.92 Å². The first kappa shape index (κ1) is 15.5. The molecule has 0 spiro atoms. The summed E-state index contributed by atoms with van der Waals surface area (Å²) in [5.41, 5.74) is 1.04. The van der Waals surface area contributed by atoms with Gasteiger partial charge in [-0.2, -0.15) is 0 Å². The van der Waals surface area contributed by atoms with Gasteiger partial charge in [-0.3, -0.25) is 0 Å². The first-order valence-electron chi connectivity index (χ1n) is 6.03. The van der Waals surface area contributed by atoms with E-state index in [1.807, 2.05) is 44.2 Å². The molecule has 1 aromatic carbocycles. The van der Waals surface area contributed by atoms with E-state index in [0.29, 0.717) is 12.4 Å². The van der Waals surface area contributed by atoms with E-state index < -0.39 is 10.0 Å². The minimum Gasteiger partial charge on any atom is -0.215 e. The molecule has 0 heterocycles. The van der Waals surface area contributed by atoms with Gasteiger partial charge in [-0.05, 0) is 17.4 Å². The number of alkyl halides is 1. The molecule has 0 amide bonds. The van der Waals surface area contributed by atoms with E-state index in [2.05, 4.69) is 4.72 Å². The summed E-state index contributed by atoms with van der Waals surface area (Å²) in [4.78, 5) is 0. The molecule has 2 unspecified atom stereocenters. The molecule has 3 nitrogen and oxygen atoms in total. The monoisotopic (exact) mass is 289 g/mol. The lowest BCUT2D eigenvalue weighted by molar-refractivity contribution is 0.557. The van der Waals surface area contributed by atoms with Crippen molar-refractivity contribution in [2.45, 2.75) is 19.8 Å². The molecule has 0 saturated heterocycles. The number of sulfonamides is 1. The SMILES string of the molecule is CC(CCl)CNS(=O)(=O)CC(C)c1ccccc1. The molecule has 0 radical (unpaired) electrons. The summed E-state index contributed by atoms with van der Waals surface area (Å²) < 4.78 is 26.4. The van der Waals surface area contributed by atoms with Gasteiger partial charge in [-0.1, -0.05) is 44.2 Å². The van der Waals surface area contributed by atoms with Gasteiger partial charge in [0.05, 0.1) is 5.75 Å². The number of hydrogen-bond donors (Lipinski definition) is 1. The molecule has 1 aromatic rings. The van der Waals surface area contributed by atoms with Gasteiger partial charge in [-0.15, -0.1) is 11.6 Å². The lowest BCUT2D eigenvalue weighted by Gasteiger charge is -2.14. The Labute approximate surface area is 115 Å². The topological polar surface area (TPSA) is 46.2 Å². The van der Waals surface area contributed by atoms with Crippen LogP contribution in [0.3, 0.4) is 0 Å². The van der Waals surface area contributed by atoms with Crippen molar-refractivity contribution in [2.24, 2.45) is 5.92 Å². The van der Waals surface area contributed by atoms with Crippen molar-refractivity contribution in [2.75, 3.05) is 18.2 Å². The van der Waals surface area contributed by atoms with E-state index in [1.165, 1.54) is 0 Å². The Bertz CT molecular complexity index is 447. The van der Waals surface area contributed by atoms with Crippen LogP contribution < -0.4 is 4.72 Å². The normalized spacial score (nSPS) is 15.3. The highest BCUT2D eigenvalue weighted by atomic mass is 35.5. The molecule has 102 valence electrons. The Morgan fingerprint density at radius 3 is 2.39 bits per heavy atom. The molecule has 1 rings (SSSR count). The Kier molecular flexibility index (Phi) is 6.12. The number of rotatable bonds is 7. The minimum absolute atomic E-state index is 0.0185. The molecular formula is C13H20ClNO2S. The molecule has 18 heavy (non-hydrogen) atoms. The molecule has 5 heteroatoms. The quantitative estimate of drug-likeness (QED) is 0.784. The van der Waals surface area contributed by atoms with E-state index >= 15 is 0 Å². The molecule has 0 fully saturated rings. The van der Waals surface area contributed by atoms with E-state index in [4.69, 9.17) is 11.6 Å². The lowest BCUT2D eigenvalue weighted by atomic mass is 10.0. The fourth-order valence-electron chi connectivity index (χ4n) is 1.59. The summed E-state index contributed by atoms with van der Waals surface area (Å²) >= 11 is 5.65. The van der Waals surface area contributed by atoms with Gasteiger partial charge in [0.1, 0.15) is 0 Å². The summed E-state index contributed by atoms with van der Waals surface area (Å²) in [6, 6.07) is 9.65. The Morgan fingerprint density at radius 2 is 1.83 bits per heavy atom. The Morgan fingerprint density at radius 1 is 1.22 bits per heavy atom. The third kappa shape index (κ3) is 5.38. The van der Waals surface area contributed by atoms with Crippen molar-refractivity contribution >= 4 is 21.6 Å². The third-order valence-electron chi connectivity index (χ3n) is 2.75. The largest absolute Gasteiger partial charge is 0.215 e. The highest BCUT2D eigenvalue weighted by molar-refractivity contribution is 7.89. The average molecular weight is 290 g/mol. The summed E-state index contributed by atoms with van der Waals surface area (Å²) in [5, 5.41) is 0. The maximum absolute atomic E-state index is 11.9. The maximum atomic E-state index is 11.9. The van der Waals surface area contributed by atoms with Crippen LogP contribution >= 0.6 is 11.6 Å². The van der Waals surface area contributed by atoms with Crippen LogP contribution in [0.5, 0.6) is 0 Å². The zero-order valence-corrected chi connectivity index (χ0v) is 12.3. The van der Waals surface area contributed by atoms with Crippen LogP contribution in [0.1, 0.15) is 25.3 Å². The summed E-state index contributed by atoms with van der Waals surface area (Å²) in [7, 11) is -3.24. The van der Waals surface area contributed by atoms with Crippen molar-refractivity contribution in [3.05, 3.63) is 35.9 Å². The standard InChI is InChI=1S/C13H20ClNO2S/c1-11(8-14)9-15-18(16,17)10-12(2)13-6-4-3-5-7-13/h3-7,11-12,15H,8-10H2,1-2H3. The van der Waals surface area contributed by atoms with Gasteiger partial charge in [0.25, 0.3) is 0 Å². The van der Waals surface area contributed by atoms with Crippen LogP contribution in [-0.4, -0.2) is 26.6 Å². The van der Waals surface area contributed by atoms with Gasteiger partial charge < -0.3 is 0 Å². The van der Waals surface area contributed by atoms with Gasteiger partial charge in [0.2, 0.25) is 10.0 Å². The van der Waals surface area contributed by atoms with E-state index in [0.717, 1.165) is 5.56 Å². The van der Waals surface area contributed by atoms with Gasteiger partial charge in [0.15, 0.2) is 0 Å². The zero-order valence-electron chi connectivity index (χ0n) is 10.8. The molecule has 2 atom stereocenters. The second-order valence-corrected chi connectivity index (χ2v) is 6.86. The fraction of sp³-hybridized carbons (Fsp3) is 0.538. The van der Waals surface area contributed by atoms with E-state index in [1.54, 1.807) is 0 Å². The Balaban J connectivity index is 2.55. The highest BCUT2D eigenvalue weighted by Gasteiger charge is 2.17. The van der Waals surface area contributed by atoms with Crippen LogP contribution in [0.15, 0.2) is 30.3 Å². The third-order valence-corrected chi connectivity index (χ3v) is 4.83. The highest BCUT2D eigenvalue weighted by Crippen LogP contribution is 2.16. The maximum Gasteiger partial charge on any atom is 0.212 e. The predicted molar refractivity (Wildman–Crippen MR) is 76.5 cm³/mol. The van der Waals surface area contributed by atoms with Gasteiger partial charge in [0, 0.05) is 12.4 Å². The molecule has 1 N–H and O–H groups in total. The van der Waals surface area contributed by atoms with Crippen molar-refractivity contribution in [1.29, 1.82) is 0 Å². The van der Waals surface area contributed by atoms with Crippen LogP contribution in [-0.2, 0) is 10.0 Å². The lowest BCUT2D eigenvalue weighted by Crippen LogP contribution is -2.32. The molecule has 0 aromatic heterocycles. The summed E-state index contributed by atoms with van der Waals surface area (Å²) in [6.45, 7) is 4.23. The Hall–Kier alpha value is -0.580. The number of nitrogens with one attached hydrogen (secondary N) is 1. The van der Waals surface area contributed by atoms with Crippen molar-refractivity contribution in [3.8, 4) is 0 Å². The van der Waals surface area contributed by atoms with Gasteiger partial charge in [-0.25, -0.2) is 13.1 Å². The molecule has 0 aliphatic rings. The number of benzene rings is 1. The molecular weight excluding hydrogens is 270 g/mol. The number of hydrogen-bond acceptors (Lipinski definition) is 2. The van der Waals surface area contributed by atoms with Crippen LogP contribution in [0.2, 0.25) is 0 Å². The molecule has 0 aliphatic heterocycles. The second-order valence-electron chi connectivity index (χ2n) is 4.70. The first-order chi connectivity index (χ1) is 8.44. The zero-order chi connectivity index (χ0) is 13.6. The smallest absolute Gasteiger partial charge is 0.212 e. The van der Waals surface area contributed by atoms with Gasteiger partial charge >= 0.3 is 0 Å². The van der Waals surface area contributed by atoms with Crippen molar-refractivity contribution < 1.29 is 8.42 Å². The molecule has 0 aliphatic carbocycles. The summed E-state index contributed by atoms with van der Waals surface area (Å²) in [6.07, 6.45) is 0. The fourth-order valence-corrected chi connectivity index (χ4v) is 3.21. The minimum atomic E-state index is -3.24. The second kappa shape index (κ2) is 7.12. The average Bonchev–Trinajstić information content (AvgIpc) is 2.36. The predicted octanol–water partition coefficient (Wildman–Crippen LogP) is 2.58. The summed E-state index contributed by atoms with van der Waals surface area (Å²) in [5.74, 6) is 0.687. The van der Waals surface area contributed by atoms with Crippen molar-refractivity contribution in [1.82, 2.24) is 4.72 Å². The van der Waals surface area contributed by atoms with E-state index in [9.17, 15) is 8.42 Å². The first-order valence-corrected chi connectivity index (χ1v) is 8.21. The van der Waals surface area contributed by atoms with Crippen molar-refractivity contribution in [3.63, 3.8) is 0 Å². The number of halogens is 1. The van der Waals surface area contributed by atoms with E-state index in [-0.39, 0.29) is 17.6 Å². The van der Waals surface area contributed by atoms with Crippen LogP contribution in [0.4, 0.5) is 0 Å². The molecule has 0 bridgehead atoms.